The molecule has 110 valence electrons. The molecule has 2 aromatic rings. The van der Waals surface area contributed by atoms with Crippen molar-refractivity contribution in [2.75, 3.05) is 26.3 Å². The third-order valence-corrected chi connectivity index (χ3v) is 3.39. The zero-order chi connectivity index (χ0) is 14.7. The molecule has 0 unspecified atom stereocenters. The zero-order valence-electron chi connectivity index (χ0n) is 11.4. The van der Waals surface area contributed by atoms with Crippen molar-refractivity contribution >= 4 is 5.91 Å². The Bertz CT molecular complexity index is 635. The fourth-order valence-electron chi connectivity index (χ4n) is 2.26. The van der Waals surface area contributed by atoms with Crippen LogP contribution >= 0.6 is 0 Å². The molecule has 2 heterocycles. The van der Waals surface area contributed by atoms with Crippen molar-refractivity contribution in [1.82, 2.24) is 10.1 Å². The van der Waals surface area contributed by atoms with Gasteiger partial charge in [0.2, 0.25) is 5.91 Å². The fraction of sp³-hybridized carbons (Fsp3) is 0.333. The number of ether oxygens (including phenoxy) is 1. The Labute approximate surface area is 121 Å². The monoisotopic (exact) mass is 290 g/mol. The summed E-state index contributed by atoms with van der Waals surface area (Å²) >= 11 is 0. The third kappa shape index (κ3) is 3.11. The molecule has 5 nitrogen and oxygen atoms in total. The second-order valence-corrected chi connectivity index (χ2v) is 4.83. The Morgan fingerprint density at radius 1 is 1.29 bits per heavy atom. The Morgan fingerprint density at radius 3 is 2.81 bits per heavy atom. The van der Waals surface area contributed by atoms with Crippen LogP contribution in [0.2, 0.25) is 0 Å². The maximum absolute atomic E-state index is 13.7. The average molecular weight is 290 g/mol. The molecule has 0 N–H and O–H groups in total. The van der Waals surface area contributed by atoms with E-state index in [4.69, 9.17) is 9.26 Å². The van der Waals surface area contributed by atoms with E-state index in [0.29, 0.717) is 43.3 Å². The number of hydrogen-bond donors (Lipinski definition) is 0. The molecule has 6 heteroatoms. The van der Waals surface area contributed by atoms with Gasteiger partial charge < -0.3 is 14.2 Å². The highest BCUT2D eigenvalue weighted by Crippen LogP contribution is 2.23. The number of hydrogen-bond acceptors (Lipinski definition) is 4. The zero-order valence-corrected chi connectivity index (χ0v) is 11.4. The first kappa shape index (κ1) is 13.8. The first-order valence-corrected chi connectivity index (χ1v) is 6.80. The molecule has 1 aromatic heterocycles. The van der Waals surface area contributed by atoms with E-state index < -0.39 is 0 Å². The fourth-order valence-corrected chi connectivity index (χ4v) is 2.26. The molecule has 1 aliphatic rings. The number of rotatable bonds is 3. The van der Waals surface area contributed by atoms with E-state index in [1.165, 1.54) is 6.07 Å². The summed E-state index contributed by atoms with van der Waals surface area (Å²) in [6.45, 7) is 2.31. The molecule has 1 aromatic carbocycles. The molecular weight excluding hydrogens is 275 g/mol. The van der Waals surface area contributed by atoms with Crippen LogP contribution in [-0.4, -0.2) is 42.3 Å². The highest BCUT2D eigenvalue weighted by atomic mass is 19.1. The molecule has 1 saturated heterocycles. The van der Waals surface area contributed by atoms with Gasteiger partial charge in [-0.05, 0) is 12.1 Å². The number of benzene rings is 1. The van der Waals surface area contributed by atoms with Crippen LogP contribution in [0.15, 0.2) is 34.9 Å². The molecule has 1 amide bonds. The minimum Gasteiger partial charge on any atom is -0.378 e. The summed E-state index contributed by atoms with van der Waals surface area (Å²) in [7, 11) is 0. The molecule has 0 spiro atoms. The lowest BCUT2D eigenvalue weighted by atomic mass is 10.1. The van der Waals surface area contributed by atoms with Crippen LogP contribution in [0.3, 0.4) is 0 Å². The Balaban J connectivity index is 1.70. The van der Waals surface area contributed by atoms with Crippen LogP contribution < -0.4 is 0 Å². The maximum Gasteiger partial charge on any atom is 0.228 e. The second-order valence-electron chi connectivity index (χ2n) is 4.83. The molecule has 0 radical (unpaired) electrons. The van der Waals surface area contributed by atoms with Crippen molar-refractivity contribution in [3.05, 3.63) is 41.8 Å². The lowest BCUT2D eigenvalue weighted by Crippen LogP contribution is -2.41. The van der Waals surface area contributed by atoms with Gasteiger partial charge in [0.1, 0.15) is 5.82 Å². The summed E-state index contributed by atoms with van der Waals surface area (Å²) in [6.07, 6.45) is 0.151. The predicted molar refractivity (Wildman–Crippen MR) is 73.0 cm³/mol. The quantitative estimate of drug-likeness (QED) is 0.866. The summed E-state index contributed by atoms with van der Waals surface area (Å²) < 4.78 is 24.0. The summed E-state index contributed by atoms with van der Waals surface area (Å²) in [5.41, 5.74) is 0.847. The van der Waals surface area contributed by atoms with Gasteiger partial charge in [0.05, 0.1) is 30.9 Å². The number of amides is 1. The Hall–Kier alpha value is -2.21. The maximum atomic E-state index is 13.7. The van der Waals surface area contributed by atoms with Crippen LogP contribution in [0.4, 0.5) is 4.39 Å². The van der Waals surface area contributed by atoms with Gasteiger partial charge >= 0.3 is 0 Å². The number of halogens is 1. The molecule has 0 aliphatic carbocycles. The molecule has 1 aliphatic heterocycles. The van der Waals surface area contributed by atoms with Gasteiger partial charge in [-0.1, -0.05) is 17.3 Å². The van der Waals surface area contributed by atoms with Crippen LogP contribution in [0.5, 0.6) is 0 Å². The summed E-state index contributed by atoms with van der Waals surface area (Å²) in [5.74, 6) is -0.0655. The van der Waals surface area contributed by atoms with Gasteiger partial charge in [0.15, 0.2) is 5.76 Å². The summed E-state index contributed by atoms with van der Waals surface area (Å²) in [6, 6.07) is 7.91. The molecule has 0 bridgehead atoms. The molecule has 3 rings (SSSR count). The number of carbonyl (C=O) groups is 1. The van der Waals surface area contributed by atoms with Crippen LogP contribution in [0, 0.1) is 5.82 Å². The minimum absolute atomic E-state index is 0.0216. The van der Waals surface area contributed by atoms with E-state index in [0.717, 1.165) is 0 Å². The molecule has 1 fully saturated rings. The summed E-state index contributed by atoms with van der Waals surface area (Å²) in [4.78, 5) is 13.8. The number of nitrogens with zero attached hydrogens (tertiary/aromatic N) is 2. The van der Waals surface area contributed by atoms with Gasteiger partial charge in [-0.25, -0.2) is 4.39 Å². The highest BCUT2D eigenvalue weighted by Gasteiger charge is 2.19. The van der Waals surface area contributed by atoms with E-state index >= 15 is 0 Å². The van der Waals surface area contributed by atoms with Crippen molar-refractivity contribution in [3.63, 3.8) is 0 Å². The van der Waals surface area contributed by atoms with Gasteiger partial charge in [-0.3, -0.25) is 4.79 Å². The van der Waals surface area contributed by atoms with Gasteiger partial charge in [0.25, 0.3) is 0 Å². The Morgan fingerprint density at radius 2 is 2.05 bits per heavy atom. The van der Waals surface area contributed by atoms with E-state index in [9.17, 15) is 9.18 Å². The summed E-state index contributed by atoms with van der Waals surface area (Å²) in [5, 5.41) is 3.85. The SMILES string of the molecule is O=C(Cc1cc(-c2ccccc2F)on1)N1CCOCC1. The topological polar surface area (TPSA) is 55.6 Å². The van der Waals surface area contributed by atoms with Crippen molar-refractivity contribution in [1.29, 1.82) is 0 Å². The predicted octanol–water partition coefficient (Wildman–Crippen LogP) is 1.88. The highest BCUT2D eigenvalue weighted by molar-refractivity contribution is 5.78. The normalized spacial score (nSPS) is 15.2. The Kier molecular flexibility index (Phi) is 3.96. The van der Waals surface area contributed by atoms with Crippen LogP contribution in [-0.2, 0) is 16.0 Å². The molecule has 21 heavy (non-hydrogen) atoms. The van der Waals surface area contributed by atoms with Crippen molar-refractivity contribution in [2.45, 2.75) is 6.42 Å². The van der Waals surface area contributed by atoms with E-state index in [-0.39, 0.29) is 18.1 Å². The van der Waals surface area contributed by atoms with Crippen molar-refractivity contribution in [2.24, 2.45) is 0 Å². The molecular formula is C15H15FN2O3. The number of aromatic nitrogens is 1. The number of carbonyl (C=O) groups excluding carboxylic acids is 1. The third-order valence-electron chi connectivity index (χ3n) is 3.39. The van der Waals surface area contributed by atoms with Gasteiger partial charge in [-0.15, -0.1) is 0 Å². The standard InChI is InChI=1S/C15H15FN2O3/c16-13-4-2-1-3-12(13)14-9-11(17-21-14)10-15(19)18-5-7-20-8-6-18/h1-4,9H,5-8,10H2. The molecule has 0 saturated carbocycles. The average Bonchev–Trinajstić information content (AvgIpc) is 2.97. The lowest BCUT2D eigenvalue weighted by Gasteiger charge is -2.26. The first-order chi connectivity index (χ1) is 10.2. The molecule has 0 atom stereocenters. The van der Waals surface area contributed by atoms with Crippen molar-refractivity contribution < 1.29 is 18.4 Å². The first-order valence-electron chi connectivity index (χ1n) is 6.80. The van der Waals surface area contributed by atoms with E-state index in [1.54, 1.807) is 29.2 Å². The minimum atomic E-state index is -0.375. The van der Waals surface area contributed by atoms with Crippen molar-refractivity contribution in [3.8, 4) is 11.3 Å². The van der Waals surface area contributed by atoms with Crippen LogP contribution in [0.25, 0.3) is 11.3 Å². The lowest BCUT2D eigenvalue weighted by molar-refractivity contribution is -0.134. The van der Waals surface area contributed by atoms with Gasteiger partial charge in [0, 0.05) is 19.2 Å². The second kappa shape index (κ2) is 6.05. The van der Waals surface area contributed by atoms with Crippen LogP contribution in [0.1, 0.15) is 5.69 Å². The smallest absolute Gasteiger partial charge is 0.228 e. The van der Waals surface area contributed by atoms with Gasteiger partial charge in [-0.2, -0.15) is 0 Å². The van der Waals surface area contributed by atoms with E-state index in [1.807, 2.05) is 0 Å². The number of morpholine rings is 1. The largest absolute Gasteiger partial charge is 0.378 e. The van der Waals surface area contributed by atoms with E-state index in [2.05, 4.69) is 5.16 Å².